The van der Waals surface area contributed by atoms with E-state index in [2.05, 4.69) is 9.88 Å². The maximum atomic E-state index is 9.23. The van der Waals surface area contributed by atoms with Gasteiger partial charge in [0.1, 0.15) is 0 Å². The lowest BCUT2D eigenvalue weighted by Gasteiger charge is -2.34. The molecule has 0 bridgehead atoms. The maximum Gasteiger partial charge on any atom is 0.0980 e. The van der Waals surface area contributed by atoms with E-state index in [0.29, 0.717) is 13.2 Å². The Balaban J connectivity index is 2.03. The highest BCUT2D eigenvalue weighted by atomic mass is 16.5. The zero-order chi connectivity index (χ0) is 13.2. The minimum atomic E-state index is -0.134. The van der Waals surface area contributed by atoms with Crippen molar-refractivity contribution in [3.63, 3.8) is 0 Å². The van der Waals surface area contributed by atoms with E-state index < -0.39 is 0 Å². The number of nitrogen functional groups attached to an aromatic ring is 1. The number of rotatable bonds is 2. The van der Waals surface area contributed by atoms with Crippen LogP contribution in [-0.2, 0) is 4.74 Å². The Hall–Kier alpha value is -1.85. The minimum absolute atomic E-state index is 0.0385. The zero-order valence-electron chi connectivity index (χ0n) is 10.6. The highest BCUT2D eigenvalue weighted by Crippen LogP contribution is 2.30. The lowest BCUT2D eigenvalue weighted by atomic mass is 10.1. The van der Waals surface area contributed by atoms with Gasteiger partial charge in [0.2, 0.25) is 0 Å². The van der Waals surface area contributed by atoms with Gasteiger partial charge < -0.3 is 20.5 Å². The van der Waals surface area contributed by atoms with Gasteiger partial charge in [-0.1, -0.05) is 0 Å². The summed E-state index contributed by atoms with van der Waals surface area (Å²) in [6.45, 7) is 2.12. The summed E-state index contributed by atoms with van der Waals surface area (Å²) < 4.78 is 5.48. The fourth-order valence-electron chi connectivity index (χ4n) is 2.48. The summed E-state index contributed by atoms with van der Waals surface area (Å²) in [6, 6.07) is 7.76. The fraction of sp³-hybridized carbons (Fsp3) is 0.357. The summed E-state index contributed by atoms with van der Waals surface area (Å²) in [5.41, 5.74) is 8.67. The highest BCUT2D eigenvalue weighted by molar-refractivity contribution is 5.98. The van der Waals surface area contributed by atoms with Gasteiger partial charge in [0.25, 0.3) is 0 Å². The maximum absolute atomic E-state index is 9.23. The van der Waals surface area contributed by atoms with E-state index in [1.807, 2.05) is 24.3 Å². The summed E-state index contributed by atoms with van der Waals surface area (Å²) >= 11 is 0. The normalized spacial score (nSPS) is 19.8. The number of nitrogens with two attached hydrogens (primary N) is 1. The molecule has 1 unspecified atom stereocenters. The summed E-state index contributed by atoms with van der Waals surface area (Å²) in [4.78, 5) is 6.64. The second-order valence-corrected chi connectivity index (χ2v) is 4.69. The van der Waals surface area contributed by atoms with Gasteiger partial charge in [0, 0.05) is 30.4 Å². The number of aliphatic hydroxyl groups is 1. The average molecular weight is 259 g/mol. The van der Waals surface area contributed by atoms with E-state index in [1.165, 1.54) is 0 Å². The highest BCUT2D eigenvalue weighted by Gasteiger charge is 2.21. The molecule has 1 saturated heterocycles. The Kier molecular flexibility index (Phi) is 3.23. The molecule has 5 heteroatoms. The first-order valence-corrected chi connectivity index (χ1v) is 6.40. The largest absolute Gasteiger partial charge is 0.398 e. The predicted molar refractivity (Wildman–Crippen MR) is 75.2 cm³/mol. The molecule has 2 heterocycles. The van der Waals surface area contributed by atoms with Crippen molar-refractivity contribution in [3.8, 4) is 0 Å². The van der Waals surface area contributed by atoms with Crippen LogP contribution < -0.4 is 10.6 Å². The Morgan fingerprint density at radius 2 is 2.32 bits per heavy atom. The van der Waals surface area contributed by atoms with E-state index >= 15 is 0 Å². The van der Waals surface area contributed by atoms with Crippen LogP contribution in [0, 0.1) is 0 Å². The smallest absolute Gasteiger partial charge is 0.0980 e. The molecule has 1 aliphatic heterocycles. The molecule has 0 amide bonds. The molecule has 19 heavy (non-hydrogen) atoms. The number of fused-ring (bicyclic) bond motifs is 1. The van der Waals surface area contributed by atoms with Crippen molar-refractivity contribution in [2.24, 2.45) is 0 Å². The first-order valence-electron chi connectivity index (χ1n) is 6.40. The Morgan fingerprint density at radius 1 is 1.42 bits per heavy atom. The van der Waals surface area contributed by atoms with Crippen LogP contribution in [-0.4, -0.2) is 42.5 Å². The number of anilines is 2. The van der Waals surface area contributed by atoms with E-state index in [9.17, 15) is 5.11 Å². The molecular formula is C14H17N3O2. The summed E-state index contributed by atoms with van der Waals surface area (Å²) in [5.74, 6) is 0. The van der Waals surface area contributed by atoms with Crippen molar-refractivity contribution < 1.29 is 9.84 Å². The van der Waals surface area contributed by atoms with Crippen LogP contribution in [0.5, 0.6) is 0 Å². The summed E-state index contributed by atoms with van der Waals surface area (Å²) in [6.07, 6.45) is 1.64. The molecule has 0 aliphatic carbocycles. The lowest BCUT2D eigenvalue weighted by molar-refractivity contribution is 0.00363. The number of aromatic nitrogens is 1. The summed E-state index contributed by atoms with van der Waals surface area (Å²) in [5, 5.41) is 10.2. The van der Waals surface area contributed by atoms with Gasteiger partial charge in [0.15, 0.2) is 0 Å². The SMILES string of the molecule is Nc1ccc(N2CCOC(CO)C2)c2ncccc12. The topological polar surface area (TPSA) is 71.6 Å². The third-order valence-electron chi connectivity index (χ3n) is 3.47. The van der Waals surface area contributed by atoms with Gasteiger partial charge in [-0.15, -0.1) is 0 Å². The molecule has 1 aromatic heterocycles. The van der Waals surface area contributed by atoms with E-state index in [1.54, 1.807) is 6.20 Å². The van der Waals surface area contributed by atoms with Crippen LogP contribution >= 0.6 is 0 Å². The van der Waals surface area contributed by atoms with Gasteiger partial charge in [-0.05, 0) is 24.3 Å². The molecule has 0 radical (unpaired) electrons. The Labute approximate surface area is 111 Å². The number of hydrogen-bond acceptors (Lipinski definition) is 5. The zero-order valence-corrected chi connectivity index (χ0v) is 10.6. The van der Waals surface area contributed by atoms with E-state index in [4.69, 9.17) is 10.5 Å². The fourth-order valence-corrected chi connectivity index (χ4v) is 2.48. The van der Waals surface area contributed by atoms with Crippen LogP contribution in [0.4, 0.5) is 11.4 Å². The number of ether oxygens (including phenoxy) is 1. The molecular weight excluding hydrogens is 242 g/mol. The number of aliphatic hydroxyl groups excluding tert-OH is 1. The first kappa shape index (κ1) is 12.2. The van der Waals surface area contributed by atoms with Crippen molar-refractivity contribution in [1.82, 2.24) is 4.98 Å². The van der Waals surface area contributed by atoms with Crippen molar-refractivity contribution in [2.45, 2.75) is 6.10 Å². The Bertz CT molecular complexity index is 588. The standard InChI is InChI=1S/C14H17N3O2/c15-12-3-4-13(14-11(12)2-1-5-16-14)17-6-7-19-10(8-17)9-18/h1-5,10,18H,6-9,15H2. The van der Waals surface area contributed by atoms with Gasteiger partial charge in [-0.25, -0.2) is 0 Å². The molecule has 5 nitrogen and oxygen atoms in total. The molecule has 3 N–H and O–H groups in total. The van der Waals surface area contributed by atoms with Crippen molar-refractivity contribution >= 4 is 22.3 Å². The van der Waals surface area contributed by atoms with Crippen LogP contribution in [0.2, 0.25) is 0 Å². The summed E-state index contributed by atoms with van der Waals surface area (Å²) in [7, 11) is 0. The molecule has 2 aromatic rings. The minimum Gasteiger partial charge on any atom is -0.398 e. The van der Waals surface area contributed by atoms with Crippen molar-refractivity contribution in [1.29, 1.82) is 0 Å². The molecule has 0 saturated carbocycles. The van der Waals surface area contributed by atoms with Crippen LogP contribution in [0.1, 0.15) is 0 Å². The lowest BCUT2D eigenvalue weighted by Crippen LogP contribution is -2.44. The molecule has 1 aromatic carbocycles. The molecule has 1 aliphatic rings. The van der Waals surface area contributed by atoms with Crippen molar-refractivity contribution in [2.75, 3.05) is 36.9 Å². The number of nitrogens with zero attached hydrogens (tertiary/aromatic N) is 2. The number of pyridine rings is 1. The molecule has 3 rings (SSSR count). The van der Waals surface area contributed by atoms with Gasteiger partial charge >= 0.3 is 0 Å². The second kappa shape index (κ2) is 5.03. The molecule has 1 fully saturated rings. The number of morpholine rings is 1. The molecule has 100 valence electrons. The van der Waals surface area contributed by atoms with Gasteiger partial charge in [-0.3, -0.25) is 4.98 Å². The third-order valence-corrected chi connectivity index (χ3v) is 3.47. The number of hydrogen-bond donors (Lipinski definition) is 2. The predicted octanol–water partition coefficient (Wildman–Crippen LogP) is 1.01. The van der Waals surface area contributed by atoms with Crippen molar-refractivity contribution in [3.05, 3.63) is 30.5 Å². The molecule has 1 atom stereocenters. The van der Waals surface area contributed by atoms with Gasteiger partial charge in [0.05, 0.1) is 30.5 Å². The average Bonchev–Trinajstić information content (AvgIpc) is 2.48. The first-order chi connectivity index (χ1) is 9.29. The van der Waals surface area contributed by atoms with Gasteiger partial charge in [-0.2, -0.15) is 0 Å². The van der Waals surface area contributed by atoms with E-state index in [0.717, 1.165) is 28.8 Å². The number of benzene rings is 1. The van der Waals surface area contributed by atoms with E-state index in [-0.39, 0.29) is 12.7 Å². The van der Waals surface area contributed by atoms with Crippen LogP contribution in [0.3, 0.4) is 0 Å². The Morgan fingerprint density at radius 3 is 3.16 bits per heavy atom. The third kappa shape index (κ3) is 2.22. The quantitative estimate of drug-likeness (QED) is 0.788. The van der Waals surface area contributed by atoms with Crippen LogP contribution in [0.25, 0.3) is 10.9 Å². The molecule has 0 spiro atoms. The van der Waals surface area contributed by atoms with Crippen LogP contribution in [0.15, 0.2) is 30.5 Å². The monoisotopic (exact) mass is 259 g/mol. The second-order valence-electron chi connectivity index (χ2n) is 4.69.